The number of hydrogen-bond acceptors (Lipinski definition) is 6. The number of hydrogen-bond donors (Lipinski definition) is 4. The van der Waals surface area contributed by atoms with Gasteiger partial charge in [0.25, 0.3) is 0 Å². The summed E-state index contributed by atoms with van der Waals surface area (Å²) in [7, 11) is 1.77. The Balaban J connectivity index is 4.44. The second-order valence-electron chi connectivity index (χ2n) is 6.80. The molecule has 0 fully saturated rings. The van der Waals surface area contributed by atoms with E-state index in [1.807, 2.05) is 30.1 Å². The normalized spacial score (nSPS) is 16.5. The highest BCUT2D eigenvalue weighted by Crippen LogP contribution is 2.24. The summed E-state index contributed by atoms with van der Waals surface area (Å²) in [6.07, 6.45) is 4.33. The van der Waals surface area contributed by atoms with Crippen molar-refractivity contribution >= 4 is 0 Å². The lowest BCUT2D eigenvalue weighted by Gasteiger charge is -2.27. The van der Waals surface area contributed by atoms with Crippen LogP contribution in [0.15, 0.2) is 61.0 Å². The van der Waals surface area contributed by atoms with E-state index in [4.69, 9.17) is 11.5 Å². The summed E-state index contributed by atoms with van der Waals surface area (Å²) in [6.45, 7) is 10.2. The summed E-state index contributed by atoms with van der Waals surface area (Å²) in [5, 5.41) is 12.3. The van der Waals surface area contributed by atoms with Crippen molar-refractivity contribution in [1.82, 2.24) is 10.2 Å². The van der Waals surface area contributed by atoms with Gasteiger partial charge in [0.1, 0.15) is 6.23 Å². The molecule has 6 nitrogen and oxygen atoms in total. The highest BCUT2D eigenvalue weighted by atomic mass is 19.4. The first-order valence-electron chi connectivity index (χ1n) is 9.65. The van der Waals surface area contributed by atoms with E-state index >= 15 is 0 Å². The molecule has 0 bridgehead atoms. The molecule has 0 saturated heterocycles. The third-order valence-electron chi connectivity index (χ3n) is 4.16. The number of ether oxygens (including phenoxy) is 1. The molecular formula is C21H35F3N4O2. The molecule has 0 aromatic rings. The van der Waals surface area contributed by atoms with Gasteiger partial charge in [0, 0.05) is 32.0 Å². The van der Waals surface area contributed by atoms with Crippen LogP contribution < -0.4 is 16.8 Å². The van der Waals surface area contributed by atoms with Crippen LogP contribution in [0.1, 0.15) is 19.8 Å². The summed E-state index contributed by atoms with van der Waals surface area (Å²) in [5.74, 6) is -0.101. The van der Waals surface area contributed by atoms with Gasteiger partial charge in [0.2, 0.25) is 0 Å². The number of alkyl halides is 3. The average Bonchev–Trinajstić information content (AvgIpc) is 2.66. The predicted octanol–water partition coefficient (Wildman–Crippen LogP) is 2.76. The van der Waals surface area contributed by atoms with Crippen LogP contribution in [0, 0.1) is 5.92 Å². The second kappa shape index (κ2) is 14.8. The topological polar surface area (TPSA) is 96.8 Å². The monoisotopic (exact) mass is 432 g/mol. The molecule has 3 atom stereocenters. The molecule has 0 aliphatic carbocycles. The van der Waals surface area contributed by atoms with Gasteiger partial charge in [-0.05, 0) is 32.0 Å². The summed E-state index contributed by atoms with van der Waals surface area (Å²) >= 11 is 0. The molecule has 0 saturated carbocycles. The van der Waals surface area contributed by atoms with Crippen molar-refractivity contribution in [3.63, 3.8) is 0 Å². The molecule has 0 spiro atoms. The number of aliphatic hydroxyl groups is 1. The van der Waals surface area contributed by atoms with Crippen molar-refractivity contribution in [1.29, 1.82) is 0 Å². The molecule has 0 heterocycles. The molecule has 0 aliphatic rings. The molecule has 0 rings (SSSR count). The lowest BCUT2D eigenvalue weighted by Crippen LogP contribution is -2.35. The number of nitrogens with one attached hydrogen (secondary N) is 1. The van der Waals surface area contributed by atoms with Crippen molar-refractivity contribution in [2.24, 2.45) is 17.4 Å². The van der Waals surface area contributed by atoms with Crippen LogP contribution in [0.25, 0.3) is 0 Å². The van der Waals surface area contributed by atoms with Crippen molar-refractivity contribution in [2.45, 2.75) is 38.5 Å². The Kier molecular flexibility index (Phi) is 13.8. The molecule has 0 aromatic carbocycles. The fourth-order valence-corrected chi connectivity index (χ4v) is 2.60. The maximum absolute atomic E-state index is 12.5. The highest BCUT2D eigenvalue weighted by molar-refractivity contribution is 5.18. The quantitative estimate of drug-likeness (QED) is 0.138. The van der Waals surface area contributed by atoms with Gasteiger partial charge < -0.3 is 26.8 Å². The van der Waals surface area contributed by atoms with Crippen LogP contribution in [-0.4, -0.2) is 55.4 Å². The van der Waals surface area contributed by atoms with Gasteiger partial charge in [-0.1, -0.05) is 30.4 Å². The predicted molar refractivity (Wildman–Crippen MR) is 115 cm³/mol. The van der Waals surface area contributed by atoms with Crippen LogP contribution in [-0.2, 0) is 4.74 Å². The summed E-state index contributed by atoms with van der Waals surface area (Å²) in [6, 6.07) is 0. The Morgan fingerprint density at radius 3 is 2.47 bits per heavy atom. The van der Waals surface area contributed by atoms with Gasteiger partial charge in [0.15, 0.2) is 0 Å². The van der Waals surface area contributed by atoms with Gasteiger partial charge >= 0.3 is 6.36 Å². The highest BCUT2D eigenvalue weighted by Gasteiger charge is 2.35. The van der Waals surface area contributed by atoms with E-state index in [1.165, 1.54) is 6.08 Å². The number of allylic oxidation sites excluding steroid dienone is 2. The van der Waals surface area contributed by atoms with Crippen LogP contribution in [0.2, 0.25) is 0 Å². The number of halogens is 3. The number of rotatable bonds is 15. The largest absolute Gasteiger partial charge is 0.523 e. The zero-order valence-electron chi connectivity index (χ0n) is 17.7. The first-order chi connectivity index (χ1) is 14.0. The van der Waals surface area contributed by atoms with Crippen LogP contribution in [0.5, 0.6) is 0 Å². The van der Waals surface area contributed by atoms with Gasteiger partial charge in [-0.25, -0.2) is 0 Å². The smallest absolute Gasteiger partial charge is 0.386 e. The van der Waals surface area contributed by atoms with Crippen molar-refractivity contribution < 1.29 is 23.0 Å². The van der Waals surface area contributed by atoms with Crippen molar-refractivity contribution in [3.05, 3.63) is 61.0 Å². The standard InChI is InChI=1S/C21H35F3N4O2/c1-5-16(14-20(26)29)10-8-9-12-27-19(25)11-13-28(4)15-17(6-2)18(7-3)30-21(22,23)24/h5-8,10-11,17-18,20,27,29H,2-3,9,12-15,25-26H2,1,4H3/b10-8-,16-5+,19-11+. The lowest BCUT2D eigenvalue weighted by atomic mass is 10.0. The maximum atomic E-state index is 12.5. The SMILES string of the molecule is C=CC(CN(C)C/C=C(\N)NCC/C=C\C(=C/C)CC(N)O)C(C=C)OC(F)(F)F. The maximum Gasteiger partial charge on any atom is 0.523 e. The number of aliphatic hydroxyl groups excluding tert-OH is 1. The molecule has 0 radical (unpaired) electrons. The van der Waals surface area contributed by atoms with Crippen LogP contribution >= 0.6 is 0 Å². The van der Waals surface area contributed by atoms with E-state index in [-0.39, 0.29) is 0 Å². The Bertz CT molecular complexity index is 602. The zero-order chi connectivity index (χ0) is 23.2. The van der Waals surface area contributed by atoms with Gasteiger partial charge in [0.05, 0.1) is 11.9 Å². The van der Waals surface area contributed by atoms with Crippen LogP contribution in [0.4, 0.5) is 13.2 Å². The number of nitrogens with zero attached hydrogens (tertiary/aromatic N) is 1. The molecule has 172 valence electrons. The Labute approximate surface area is 177 Å². The fraction of sp³-hybridized carbons (Fsp3) is 0.524. The molecule has 0 aliphatic heterocycles. The van der Waals surface area contributed by atoms with Gasteiger partial charge in [-0.3, -0.25) is 4.74 Å². The summed E-state index contributed by atoms with van der Waals surface area (Å²) < 4.78 is 41.6. The third kappa shape index (κ3) is 14.0. The first kappa shape index (κ1) is 27.9. The van der Waals surface area contributed by atoms with Crippen LogP contribution in [0.3, 0.4) is 0 Å². The van der Waals surface area contributed by atoms with E-state index in [2.05, 4.69) is 23.2 Å². The minimum atomic E-state index is -4.74. The molecule has 0 aromatic heterocycles. The Morgan fingerprint density at radius 2 is 1.97 bits per heavy atom. The molecule has 0 amide bonds. The van der Waals surface area contributed by atoms with E-state index in [0.717, 1.165) is 18.1 Å². The van der Waals surface area contributed by atoms with E-state index in [9.17, 15) is 18.3 Å². The molecule has 3 unspecified atom stereocenters. The Morgan fingerprint density at radius 1 is 1.30 bits per heavy atom. The third-order valence-corrected chi connectivity index (χ3v) is 4.16. The number of nitrogens with two attached hydrogens (primary N) is 2. The van der Waals surface area contributed by atoms with Crippen molar-refractivity contribution in [2.75, 3.05) is 26.7 Å². The summed E-state index contributed by atoms with van der Waals surface area (Å²) in [5.41, 5.74) is 12.2. The van der Waals surface area contributed by atoms with Gasteiger partial charge in [-0.15, -0.1) is 26.3 Å². The molecular weight excluding hydrogens is 397 g/mol. The van der Waals surface area contributed by atoms with E-state index < -0.39 is 24.6 Å². The first-order valence-corrected chi connectivity index (χ1v) is 9.65. The number of likely N-dealkylation sites (N-methyl/N-ethyl adjacent to an activating group) is 1. The molecule has 9 heteroatoms. The zero-order valence-corrected chi connectivity index (χ0v) is 17.7. The average molecular weight is 433 g/mol. The van der Waals surface area contributed by atoms with E-state index in [1.54, 1.807) is 13.1 Å². The molecule has 6 N–H and O–H groups in total. The van der Waals surface area contributed by atoms with E-state index in [0.29, 0.717) is 31.9 Å². The second-order valence-corrected chi connectivity index (χ2v) is 6.80. The lowest BCUT2D eigenvalue weighted by molar-refractivity contribution is -0.340. The van der Waals surface area contributed by atoms with Gasteiger partial charge in [-0.2, -0.15) is 0 Å². The summed E-state index contributed by atoms with van der Waals surface area (Å²) in [4.78, 5) is 1.81. The van der Waals surface area contributed by atoms with Crippen molar-refractivity contribution in [3.8, 4) is 0 Å². The fourth-order valence-electron chi connectivity index (χ4n) is 2.60. The minimum Gasteiger partial charge on any atom is -0.386 e. The molecule has 30 heavy (non-hydrogen) atoms. The Hall–Kier alpha value is -2.07. The minimum absolute atomic E-state index is 0.294.